The van der Waals surface area contributed by atoms with Gasteiger partial charge in [-0.2, -0.15) is 0 Å². The zero-order valence-corrected chi connectivity index (χ0v) is 18.0. The number of fused-ring (bicyclic) bond motifs is 2. The summed E-state index contributed by atoms with van der Waals surface area (Å²) >= 11 is 7.90. The zero-order chi connectivity index (χ0) is 20.5. The van der Waals surface area contributed by atoms with Gasteiger partial charge in [0.1, 0.15) is 18.5 Å². The predicted molar refractivity (Wildman–Crippen MR) is 126 cm³/mol. The highest BCUT2D eigenvalue weighted by atomic mass is 35.5. The number of β-amino-alcohol motifs (C(OH)–C–C–N with tert-alkyl or cyclic N) is 1. The molecule has 1 aliphatic rings. The van der Waals surface area contributed by atoms with Crippen molar-refractivity contribution in [2.24, 2.45) is 0 Å². The SMILES string of the molecule is OC(COc1cccc2[nH]ccc12)CN1CC=C(c2scc3cc(Cl)ccc23)CC1. The van der Waals surface area contributed by atoms with Crippen molar-refractivity contribution >= 4 is 50.2 Å². The van der Waals surface area contributed by atoms with E-state index >= 15 is 0 Å². The number of benzene rings is 2. The van der Waals surface area contributed by atoms with E-state index in [1.165, 1.54) is 21.2 Å². The molecule has 154 valence electrons. The number of aliphatic hydroxyl groups excluding tert-OH is 1. The number of rotatable bonds is 6. The number of aliphatic hydroxyl groups is 1. The normalized spacial score (nSPS) is 16.1. The topological polar surface area (TPSA) is 48.5 Å². The van der Waals surface area contributed by atoms with Crippen LogP contribution in [0.4, 0.5) is 0 Å². The highest BCUT2D eigenvalue weighted by Crippen LogP contribution is 2.35. The highest BCUT2D eigenvalue weighted by molar-refractivity contribution is 7.12. The number of hydrogen-bond acceptors (Lipinski definition) is 4. The van der Waals surface area contributed by atoms with Gasteiger partial charge in [-0.15, -0.1) is 11.3 Å². The molecule has 5 rings (SSSR count). The largest absolute Gasteiger partial charge is 0.490 e. The molecule has 2 aromatic carbocycles. The Labute approximate surface area is 184 Å². The average molecular weight is 439 g/mol. The molecule has 30 heavy (non-hydrogen) atoms. The first kappa shape index (κ1) is 19.6. The lowest BCUT2D eigenvalue weighted by Gasteiger charge is -2.28. The maximum Gasteiger partial charge on any atom is 0.128 e. The summed E-state index contributed by atoms with van der Waals surface area (Å²) in [5.41, 5.74) is 2.43. The van der Waals surface area contributed by atoms with E-state index in [1.807, 2.05) is 42.6 Å². The van der Waals surface area contributed by atoms with Crippen LogP contribution in [0.2, 0.25) is 5.02 Å². The number of H-pyrrole nitrogens is 1. The Morgan fingerprint density at radius 2 is 2.13 bits per heavy atom. The molecule has 1 atom stereocenters. The molecule has 0 aliphatic carbocycles. The Morgan fingerprint density at radius 1 is 1.20 bits per heavy atom. The average Bonchev–Trinajstić information content (AvgIpc) is 3.39. The van der Waals surface area contributed by atoms with Gasteiger partial charge in [-0.3, -0.25) is 4.90 Å². The second-order valence-electron chi connectivity index (χ2n) is 7.70. The molecule has 2 N–H and O–H groups in total. The molecule has 4 aromatic rings. The van der Waals surface area contributed by atoms with E-state index in [1.54, 1.807) is 11.3 Å². The number of nitrogens with zero attached hydrogens (tertiary/aromatic N) is 1. The molecule has 0 bridgehead atoms. The van der Waals surface area contributed by atoms with Crippen molar-refractivity contribution in [2.45, 2.75) is 12.5 Å². The maximum absolute atomic E-state index is 10.5. The summed E-state index contributed by atoms with van der Waals surface area (Å²) in [7, 11) is 0. The monoisotopic (exact) mass is 438 g/mol. The van der Waals surface area contributed by atoms with Gasteiger partial charge in [0.25, 0.3) is 0 Å². The summed E-state index contributed by atoms with van der Waals surface area (Å²) in [5, 5.41) is 17.0. The van der Waals surface area contributed by atoms with Crippen molar-refractivity contribution in [1.82, 2.24) is 9.88 Å². The van der Waals surface area contributed by atoms with Gasteiger partial charge in [-0.05, 0) is 53.1 Å². The van der Waals surface area contributed by atoms with Gasteiger partial charge < -0.3 is 14.8 Å². The second-order valence-corrected chi connectivity index (χ2v) is 9.01. The van der Waals surface area contributed by atoms with Crippen LogP contribution in [0, 0.1) is 0 Å². The van der Waals surface area contributed by atoms with Crippen LogP contribution in [-0.4, -0.2) is 47.3 Å². The number of hydrogen-bond donors (Lipinski definition) is 2. The van der Waals surface area contributed by atoms with Crippen molar-refractivity contribution in [3.8, 4) is 5.75 Å². The number of ether oxygens (including phenoxy) is 1. The molecule has 2 aromatic heterocycles. The van der Waals surface area contributed by atoms with Crippen LogP contribution in [0.1, 0.15) is 11.3 Å². The zero-order valence-electron chi connectivity index (χ0n) is 16.5. The van der Waals surface area contributed by atoms with Crippen molar-refractivity contribution in [2.75, 3.05) is 26.2 Å². The predicted octanol–water partition coefficient (Wildman–Crippen LogP) is 5.57. The van der Waals surface area contributed by atoms with E-state index < -0.39 is 6.10 Å². The molecule has 4 nitrogen and oxygen atoms in total. The molecule has 0 spiro atoms. The van der Waals surface area contributed by atoms with Crippen LogP contribution < -0.4 is 4.74 Å². The number of thiophene rings is 1. The summed E-state index contributed by atoms with van der Waals surface area (Å²) in [4.78, 5) is 6.80. The third-order valence-corrected chi connectivity index (χ3v) is 6.93. The first-order valence-corrected chi connectivity index (χ1v) is 11.4. The molecule has 0 radical (unpaired) electrons. The standard InChI is InChI=1S/C24H23ClN2O2S/c25-18-4-5-20-17(12-18)15-30-24(20)16-7-10-27(11-8-16)13-19(28)14-29-23-3-1-2-22-21(23)6-9-26-22/h1-7,9,12,15,19,26,28H,8,10-11,13-14H2. The molecule has 0 saturated carbocycles. The minimum atomic E-state index is -0.529. The molecular weight excluding hydrogens is 416 g/mol. The second kappa shape index (κ2) is 8.44. The number of aromatic amines is 1. The van der Waals surface area contributed by atoms with Crippen LogP contribution in [0.25, 0.3) is 27.2 Å². The van der Waals surface area contributed by atoms with Crippen molar-refractivity contribution in [3.63, 3.8) is 0 Å². The maximum atomic E-state index is 10.5. The first-order valence-electron chi connectivity index (χ1n) is 10.1. The van der Waals surface area contributed by atoms with Crippen LogP contribution in [0.15, 0.2) is 60.1 Å². The van der Waals surface area contributed by atoms with E-state index in [-0.39, 0.29) is 6.61 Å². The third-order valence-electron chi connectivity index (χ3n) is 5.60. The van der Waals surface area contributed by atoms with Crippen LogP contribution in [-0.2, 0) is 0 Å². The lowest BCUT2D eigenvalue weighted by molar-refractivity contribution is 0.0723. The molecule has 6 heteroatoms. The third kappa shape index (κ3) is 3.98. The summed E-state index contributed by atoms with van der Waals surface area (Å²) < 4.78 is 5.90. The van der Waals surface area contributed by atoms with Crippen molar-refractivity contribution in [3.05, 3.63) is 70.0 Å². The Balaban J connectivity index is 1.19. The van der Waals surface area contributed by atoms with Crippen LogP contribution in [0.5, 0.6) is 5.75 Å². The van der Waals surface area contributed by atoms with Gasteiger partial charge in [0.2, 0.25) is 0 Å². The quantitative estimate of drug-likeness (QED) is 0.414. The molecule has 0 amide bonds. The Hall–Kier alpha value is -2.31. The van der Waals surface area contributed by atoms with Crippen molar-refractivity contribution in [1.29, 1.82) is 0 Å². The van der Waals surface area contributed by atoms with E-state index in [0.717, 1.165) is 41.2 Å². The number of nitrogens with one attached hydrogen (secondary N) is 1. The summed E-state index contributed by atoms with van der Waals surface area (Å²) in [6.07, 6.45) is 4.64. The molecule has 0 fully saturated rings. The van der Waals surface area contributed by atoms with E-state index in [4.69, 9.17) is 16.3 Å². The van der Waals surface area contributed by atoms with Crippen LogP contribution >= 0.6 is 22.9 Å². The Kier molecular flexibility index (Phi) is 5.52. The number of aromatic nitrogens is 1. The molecule has 1 unspecified atom stereocenters. The molecule has 1 aliphatic heterocycles. The van der Waals surface area contributed by atoms with Gasteiger partial charge in [0.15, 0.2) is 0 Å². The highest BCUT2D eigenvalue weighted by Gasteiger charge is 2.19. The molecular formula is C24H23ClN2O2S. The van der Waals surface area contributed by atoms with Gasteiger partial charge >= 0.3 is 0 Å². The fraction of sp³-hybridized carbons (Fsp3) is 0.250. The van der Waals surface area contributed by atoms with E-state index in [9.17, 15) is 5.11 Å². The minimum Gasteiger partial charge on any atom is -0.490 e. The first-order chi connectivity index (χ1) is 14.7. The van der Waals surface area contributed by atoms with E-state index in [0.29, 0.717) is 6.54 Å². The Bertz CT molecular complexity index is 1210. The smallest absolute Gasteiger partial charge is 0.128 e. The number of halogens is 1. The van der Waals surface area contributed by atoms with Crippen LogP contribution in [0.3, 0.4) is 0 Å². The summed E-state index contributed by atoms with van der Waals surface area (Å²) in [6, 6.07) is 14.0. The fourth-order valence-electron chi connectivity index (χ4n) is 4.07. The lowest BCUT2D eigenvalue weighted by Crippen LogP contribution is -2.38. The molecule has 3 heterocycles. The van der Waals surface area contributed by atoms with E-state index in [2.05, 4.69) is 27.4 Å². The summed E-state index contributed by atoms with van der Waals surface area (Å²) in [5.74, 6) is 0.804. The van der Waals surface area contributed by atoms with Gasteiger partial charge in [0, 0.05) is 52.0 Å². The van der Waals surface area contributed by atoms with Gasteiger partial charge in [0.05, 0.1) is 0 Å². The summed E-state index contributed by atoms with van der Waals surface area (Å²) in [6.45, 7) is 2.66. The van der Waals surface area contributed by atoms with Gasteiger partial charge in [-0.25, -0.2) is 0 Å². The Morgan fingerprint density at radius 3 is 3.00 bits per heavy atom. The molecule has 0 saturated heterocycles. The minimum absolute atomic E-state index is 0.285. The van der Waals surface area contributed by atoms with Gasteiger partial charge in [-0.1, -0.05) is 29.8 Å². The fourth-order valence-corrected chi connectivity index (χ4v) is 5.34. The lowest BCUT2D eigenvalue weighted by atomic mass is 10.0. The van der Waals surface area contributed by atoms with Crippen molar-refractivity contribution < 1.29 is 9.84 Å².